The summed E-state index contributed by atoms with van der Waals surface area (Å²) in [5.41, 5.74) is 0.768. The number of fused-ring (bicyclic) bond motifs is 1. The van der Waals surface area contributed by atoms with Crippen molar-refractivity contribution in [1.82, 2.24) is 4.57 Å². The Morgan fingerprint density at radius 3 is 2.69 bits per heavy atom. The summed E-state index contributed by atoms with van der Waals surface area (Å²) in [4.78, 5) is 14.8. The molecule has 5 rings (SSSR count). The first-order chi connectivity index (χ1) is 14.1. The molecule has 7 heteroatoms. The molecular formula is C22H21FN2O4. The van der Waals surface area contributed by atoms with E-state index in [2.05, 4.69) is 0 Å². The van der Waals surface area contributed by atoms with Crippen LogP contribution in [0.25, 0.3) is 16.5 Å². The second-order valence-electron chi connectivity index (χ2n) is 7.36. The van der Waals surface area contributed by atoms with E-state index in [1.807, 2.05) is 11.0 Å². The van der Waals surface area contributed by atoms with Gasteiger partial charge in [-0.25, -0.2) is 4.39 Å². The quantitative estimate of drug-likeness (QED) is 0.681. The number of pyridine rings is 1. The van der Waals surface area contributed by atoms with Crippen LogP contribution >= 0.6 is 0 Å². The molecule has 6 nitrogen and oxygen atoms in total. The maximum absolute atomic E-state index is 15.0. The summed E-state index contributed by atoms with van der Waals surface area (Å²) in [6.07, 6.45) is 2.37. The third-order valence-electron chi connectivity index (χ3n) is 5.67. The van der Waals surface area contributed by atoms with Crippen LogP contribution in [0.2, 0.25) is 0 Å². The average Bonchev–Trinajstić information content (AvgIpc) is 3.37. The van der Waals surface area contributed by atoms with Gasteiger partial charge in [0, 0.05) is 30.6 Å². The van der Waals surface area contributed by atoms with Crippen molar-refractivity contribution < 1.29 is 18.6 Å². The predicted octanol–water partition coefficient (Wildman–Crippen LogP) is 3.09. The summed E-state index contributed by atoms with van der Waals surface area (Å²) in [5.74, 6) is -0.301. The molecule has 2 aliphatic heterocycles. The molecular weight excluding hydrogens is 375 g/mol. The molecule has 2 aliphatic rings. The van der Waals surface area contributed by atoms with Crippen LogP contribution in [0.15, 0.2) is 53.5 Å². The Hall–Kier alpha value is -2.90. The van der Waals surface area contributed by atoms with Gasteiger partial charge in [-0.1, -0.05) is 0 Å². The monoisotopic (exact) mass is 396 g/mol. The Morgan fingerprint density at radius 1 is 1.10 bits per heavy atom. The highest BCUT2D eigenvalue weighted by molar-refractivity contribution is 5.83. The van der Waals surface area contributed by atoms with Crippen LogP contribution in [0, 0.1) is 5.82 Å². The van der Waals surface area contributed by atoms with Crippen molar-refractivity contribution in [2.75, 3.05) is 38.3 Å². The van der Waals surface area contributed by atoms with Gasteiger partial charge in [-0.05, 0) is 41.8 Å². The molecule has 0 radical (unpaired) electrons. The zero-order chi connectivity index (χ0) is 20.0. The Balaban J connectivity index is 1.47. The van der Waals surface area contributed by atoms with Crippen LogP contribution < -0.4 is 15.2 Å². The van der Waals surface area contributed by atoms with Crippen molar-refractivity contribution in [1.29, 1.82) is 0 Å². The maximum Gasteiger partial charge on any atom is 0.262 e. The van der Waals surface area contributed by atoms with Gasteiger partial charge in [0.2, 0.25) is 0 Å². The van der Waals surface area contributed by atoms with Gasteiger partial charge in [-0.15, -0.1) is 0 Å². The summed E-state index contributed by atoms with van der Waals surface area (Å²) >= 11 is 0. The lowest BCUT2D eigenvalue weighted by molar-refractivity contribution is -0.137. The highest BCUT2D eigenvalue weighted by Gasteiger charge is 2.43. The van der Waals surface area contributed by atoms with E-state index in [1.165, 1.54) is 10.6 Å². The van der Waals surface area contributed by atoms with Gasteiger partial charge >= 0.3 is 0 Å². The van der Waals surface area contributed by atoms with Gasteiger partial charge in [0.25, 0.3) is 5.56 Å². The number of methoxy groups -OCH3 is 1. The molecule has 0 N–H and O–H groups in total. The minimum absolute atomic E-state index is 0.204. The zero-order valence-electron chi connectivity index (χ0n) is 16.1. The van der Waals surface area contributed by atoms with E-state index in [-0.39, 0.29) is 11.4 Å². The number of rotatable bonds is 3. The van der Waals surface area contributed by atoms with E-state index in [1.54, 1.807) is 43.6 Å². The largest absolute Gasteiger partial charge is 0.497 e. The number of halogens is 1. The highest BCUT2D eigenvalue weighted by Crippen LogP contribution is 2.34. The smallest absolute Gasteiger partial charge is 0.262 e. The van der Waals surface area contributed by atoms with Gasteiger partial charge in [0.15, 0.2) is 5.79 Å². The third kappa shape index (κ3) is 3.07. The van der Waals surface area contributed by atoms with Crippen molar-refractivity contribution in [2.45, 2.75) is 12.2 Å². The van der Waals surface area contributed by atoms with Crippen molar-refractivity contribution in [3.05, 3.63) is 64.8 Å². The number of ether oxygens (including phenoxy) is 3. The molecule has 0 saturated carbocycles. The molecule has 2 aromatic carbocycles. The van der Waals surface area contributed by atoms with Gasteiger partial charge in [-0.2, -0.15) is 0 Å². The minimum Gasteiger partial charge on any atom is -0.497 e. The molecule has 1 spiro atoms. The average molecular weight is 396 g/mol. The normalized spacial score (nSPS) is 18.1. The Bertz CT molecular complexity index is 1140. The van der Waals surface area contributed by atoms with E-state index in [0.717, 1.165) is 5.39 Å². The predicted molar refractivity (Wildman–Crippen MR) is 108 cm³/mol. The van der Waals surface area contributed by atoms with E-state index in [4.69, 9.17) is 14.2 Å². The molecule has 29 heavy (non-hydrogen) atoms. The number of anilines is 1. The van der Waals surface area contributed by atoms with E-state index < -0.39 is 5.79 Å². The van der Waals surface area contributed by atoms with Crippen molar-refractivity contribution in [3.8, 4) is 11.4 Å². The summed E-state index contributed by atoms with van der Waals surface area (Å²) in [6, 6.07) is 12.0. The molecule has 3 aromatic rings. The second-order valence-corrected chi connectivity index (χ2v) is 7.36. The summed E-state index contributed by atoms with van der Waals surface area (Å²) in [6.45, 7) is 2.31. The van der Waals surface area contributed by atoms with Gasteiger partial charge in [0.05, 0.1) is 38.2 Å². The molecule has 1 aromatic heterocycles. The molecule has 2 fully saturated rings. The fourth-order valence-electron chi connectivity index (χ4n) is 4.15. The SMILES string of the molecule is COc1ccc2c(=O)n(-c3ccc(N4CCC5(C4)OCCO5)c(F)c3)ccc2c1. The van der Waals surface area contributed by atoms with Crippen LogP contribution in [-0.4, -0.2) is 43.8 Å². The number of nitrogens with zero attached hydrogens (tertiary/aromatic N) is 2. The highest BCUT2D eigenvalue weighted by atomic mass is 19.1. The maximum atomic E-state index is 15.0. The minimum atomic E-state index is -0.610. The van der Waals surface area contributed by atoms with Crippen LogP contribution in [0.4, 0.5) is 10.1 Å². The van der Waals surface area contributed by atoms with Gasteiger partial charge in [-0.3, -0.25) is 9.36 Å². The molecule has 0 unspecified atom stereocenters. The lowest BCUT2D eigenvalue weighted by Gasteiger charge is -2.24. The fraction of sp³-hybridized carbons (Fsp3) is 0.318. The second kappa shape index (κ2) is 6.86. The first-order valence-corrected chi connectivity index (χ1v) is 9.61. The molecule has 3 heterocycles. The molecule has 2 saturated heterocycles. The van der Waals surface area contributed by atoms with Crippen LogP contribution in [0.1, 0.15) is 6.42 Å². The summed E-state index contributed by atoms with van der Waals surface area (Å²) in [7, 11) is 1.58. The number of hydrogen-bond acceptors (Lipinski definition) is 5. The van der Waals surface area contributed by atoms with E-state index in [9.17, 15) is 9.18 Å². The topological polar surface area (TPSA) is 52.9 Å². The van der Waals surface area contributed by atoms with Gasteiger partial charge in [0.1, 0.15) is 11.6 Å². The number of aromatic nitrogens is 1. The number of benzene rings is 2. The summed E-state index contributed by atoms with van der Waals surface area (Å²) < 4.78 is 33.1. The zero-order valence-corrected chi connectivity index (χ0v) is 16.1. The lowest BCUT2D eigenvalue weighted by atomic mass is 10.1. The van der Waals surface area contributed by atoms with E-state index >= 15 is 0 Å². The van der Waals surface area contributed by atoms with Crippen molar-refractivity contribution in [3.63, 3.8) is 0 Å². The van der Waals surface area contributed by atoms with Crippen LogP contribution in [0.5, 0.6) is 5.75 Å². The Morgan fingerprint density at radius 2 is 1.93 bits per heavy atom. The van der Waals surface area contributed by atoms with Crippen LogP contribution in [0.3, 0.4) is 0 Å². The molecule has 150 valence electrons. The number of hydrogen-bond donors (Lipinski definition) is 0. The molecule has 0 bridgehead atoms. The molecule has 0 amide bonds. The fourth-order valence-corrected chi connectivity index (χ4v) is 4.15. The molecule has 0 aliphatic carbocycles. The first kappa shape index (κ1) is 18.1. The Kier molecular flexibility index (Phi) is 4.29. The molecule has 0 atom stereocenters. The van der Waals surface area contributed by atoms with E-state index in [0.29, 0.717) is 55.2 Å². The van der Waals surface area contributed by atoms with Gasteiger partial charge < -0.3 is 19.1 Å². The van der Waals surface area contributed by atoms with Crippen LogP contribution in [-0.2, 0) is 9.47 Å². The van der Waals surface area contributed by atoms with Crippen molar-refractivity contribution in [2.24, 2.45) is 0 Å². The Labute approximate surface area is 167 Å². The first-order valence-electron chi connectivity index (χ1n) is 9.61. The van der Waals surface area contributed by atoms with Crippen molar-refractivity contribution >= 4 is 16.5 Å². The lowest BCUT2D eigenvalue weighted by Crippen LogP contribution is -2.34. The summed E-state index contributed by atoms with van der Waals surface area (Å²) in [5, 5.41) is 1.33. The third-order valence-corrected chi connectivity index (χ3v) is 5.67. The standard InChI is InChI=1S/C22H21FN2O4/c1-27-17-3-4-18-15(12-17)6-8-25(21(18)26)16-2-5-20(19(23)13-16)24-9-7-22(14-24)28-10-11-29-22/h2-6,8,12-13H,7,9-11,14H2,1H3.